The quantitative estimate of drug-likeness (QED) is 0.812. The molecule has 2 unspecified atom stereocenters. The summed E-state index contributed by atoms with van der Waals surface area (Å²) in [4.78, 5) is 16.2. The molecule has 1 aromatic carbocycles. The molecule has 0 spiro atoms. The summed E-state index contributed by atoms with van der Waals surface area (Å²) in [6, 6.07) is 7.47. The predicted octanol–water partition coefficient (Wildman–Crippen LogP) is 2.42. The lowest BCUT2D eigenvalue weighted by atomic mass is 10.0. The van der Waals surface area contributed by atoms with Gasteiger partial charge in [0.25, 0.3) is 0 Å². The maximum Gasteiger partial charge on any atom is 0.243 e. The van der Waals surface area contributed by atoms with E-state index in [1.54, 1.807) is 12.4 Å². The molecule has 3 N–H and O–H groups in total. The van der Waals surface area contributed by atoms with Crippen LogP contribution in [0.5, 0.6) is 0 Å². The lowest BCUT2D eigenvalue weighted by Gasteiger charge is -2.11. The van der Waals surface area contributed by atoms with Crippen molar-refractivity contribution in [3.05, 3.63) is 59.1 Å². The van der Waals surface area contributed by atoms with E-state index < -0.39 is 11.9 Å². The number of aromatic nitrogens is 1. The molecule has 0 bridgehead atoms. The molecule has 0 radical (unpaired) electrons. The fourth-order valence-corrected chi connectivity index (χ4v) is 2.51. The summed E-state index contributed by atoms with van der Waals surface area (Å²) in [5.74, 6) is -0.859. The standard InChI is InChI=1S/C15H14ClFN4O/c16-10-1-2-12(11(17)7-10)19-15(22)14-8-13(20-21-14)9-3-5-18-6-4-9/h1-7,13-14,20-21H,8H2,(H,19,22). The second kappa shape index (κ2) is 6.39. The Morgan fingerprint density at radius 1 is 1.27 bits per heavy atom. The third-order valence-corrected chi connectivity index (χ3v) is 3.75. The van der Waals surface area contributed by atoms with E-state index in [-0.39, 0.29) is 22.7 Å². The van der Waals surface area contributed by atoms with Gasteiger partial charge in [-0.3, -0.25) is 9.78 Å². The number of carbonyl (C=O) groups excluding carboxylic acids is 1. The van der Waals surface area contributed by atoms with Crippen molar-refractivity contribution in [2.24, 2.45) is 0 Å². The van der Waals surface area contributed by atoms with Crippen molar-refractivity contribution in [1.82, 2.24) is 15.8 Å². The first-order chi connectivity index (χ1) is 10.6. The molecule has 0 aliphatic carbocycles. The van der Waals surface area contributed by atoms with Crippen LogP contribution in [-0.4, -0.2) is 16.9 Å². The topological polar surface area (TPSA) is 66.0 Å². The molecule has 1 aliphatic heterocycles. The molecule has 1 amide bonds. The van der Waals surface area contributed by atoms with E-state index in [0.717, 1.165) is 11.6 Å². The summed E-state index contributed by atoms with van der Waals surface area (Å²) < 4.78 is 13.7. The zero-order valence-electron chi connectivity index (χ0n) is 11.5. The van der Waals surface area contributed by atoms with Gasteiger partial charge in [-0.15, -0.1) is 0 Å². The maximum atomic E-state index is 13.7. The van der Waals surface area contributed by atoms with Gasteiger partial charge < -0.3 is 5.32 Å². The minimum atomic E-state index is -0.558. The Labute approximate surface area is 131 Å². The molecule has 1 saturated heterocycles. The first-order valence-electron chi connectivity index (χ1n) is 6.80. The summed E-state index contributed by atoms with van der Waals surface area (Å²) in [6.45, 7) is 0. The largest absolute Gasteiger partial charge is 0.322 e. The van der Waals surface area contributed by atoms with Crippen LogP contribution >= 0.6 is 11.6 Å². The molecule has 7 heteroatoms. The van der Waals surface area contributed by atoms with E-state index in [2.05, 4.69) is 21.2 Å². The third-order valence-electron chi connectivity index (χ3n) is 3.52. The van der Waals surface area contributed by atoms with Gasteiger partial charge in [0.2, 0.25) is 5.91 Å². The minimum Gasteiger partial charge on any atom is -0.322 e. The van der Waals surface area contributed by atoms with Crippen LogP contribution in [0, 0.1) is 5.82 Å². The fourth-order valence-electron chi connectivity index (χ4n) is 2.35. The zero-order chi connectivity index (χ0) is 15.5. The Balaban J connectivity index is 1.64. The van der Waals surface area contributed by atoms with E-state index >= 15 is 0 Å². The predicted molar refractivity (Wildman–Crippen MR) is 81.7 cm³/mol. The first kappa shape index (κ1) is 14.9. The molecular formula is C15H14ClFN4O. The van der Waals surface area contributed by atoms with Crippen molar-refractivity contribution < 1.29 is 9.18 Å². The van der Waals surface area contributed by atoms with Crippen LogP contribution in [0.25, 0.3) is 0 Å². The van der Waals surface area contributed by atoms with Crippen molar-refractivity contribution in [2.75, 3.05) is 5.32 Å². The average Bonchev–Trinajstić information content (AvgIpc) is 3.01. The molecular weight excluding hydrogens is 307 g/mol. The summed E-state index contributed by atoms with van der Waals surface area (Å²) in [7, 11) is 0. The molecule has 3 rings (SSSR count). The third kappa shape index (κ3) is 3.24. The smallest absolute Gasteiger partial charge is 0.243 e. The number of anilines is 1. The molecule has 2 atom stereocenters. The number of pyridine rings is 1. The highest BCUT2D eigenvalue weighted by molar-refractivity contribution is 6.30. The summed E-state index contributed by atoms with van der Waals surface area (Å²) >= 11 is 5.69. The van der Waals surface area contributed by atoms with Gasteiger partial charge in [0.1, 0.15) is 11.9 Å². The summed E-state index contributed by atoms with van der Waals surface area (Å²) in [6.07, 6.45) is 3.96. The van der Waals surface area contributed by atoms with Crippen LogP contribution in [0.3, 0.4) is 0 Å². The monoisotopic (exact) mass is 320 g/mol. The van der Waals surface area contributed by atoms with Crippen molar-refractivity contribution in [3.8, 4) is 0 Å². The molecule has 1 aliphatic rings. The molecule has 2 aromatic rings. The number of carbonyl (C=O) groups is 1. The van der Waals surface area contributed by atoms with Gasteiger partial charge in [-0.05, 0) is 42.3 Å². The van der Waals surface area contributed by atoms with Crippen LogP contribution in [0.15, 0.2) is 42.7 Å². The number of rotatable bonds is 3. The van der Waals surface area contributed by atoms with Crippen LogP contribution in [0.2, 0.25) is 5.02 Å². The van der Waals surface area contributed by atoms with Crippen molar-refractivity contribution in [3.63, 3.8) is 0 Å². The maximum absolute atomic E-state index is 13.7. The Morgan fingerprint density at radius 3 is 2.77 bits per heavy atom. The SMILES string of the molecule is O=C(Nc1ccc(Cl)cc1F)C1CC(c2ccncc2)NN1. The van der Waals surface area contributed by atoms with Crippen LogP contribution in [-0.2, 0) is 4.79 Å². The van der Waals surface area contributed by atoms with Crippen molar-refractivity contribution >= 4 is 23.2 Å². The number of hydrogen-bond acceptors (Lipinski definition) is 4. The Kier molecular flexibility index (Phi) is 4.33. The number of hydrogen-bond donors (Lipinski definition) is 3. The fraction of sp³-hybridized carbons (Fsp3) is 0.200. The van der Waals surface area contributed by atoms with Gasteiger partial charge in [0.15, 0.2) is 0 Å². The number of hydrazine groups is 1. The van der Waals surface area contributed by atoms with E-state index in [1.165, 1.54) is 12.1 Å². The second-order valence-electron chi connectivity index (χ2n) is 5.02. The van der Waals surface area contributed by atoms with E-state index in [4.69, 9.17) is 11.6 Å². The van der Waals surface area contributed by atoms with Crippen LogP contribution in [0.4, 0.5) is 10.1 Å². The second-order valence-corrected chi connectivity index (χ2v) is 5.46. The number of benzene rings is 1. The first-order valence-corrected chi connectivity index (χ1v) is 7.18. The minimum absolute atomic E-state index is 0.00816. The molecule has 1 fully saturated rings. The van der Waals surface area contributed by atoms with E-state index in [9.17, 15) is 9.18 Å². The van der Waals surface area contributed by atoms with Crippen molar-refractivity contribution in [2.45, 2.75) is 18.5 Å². The van der Waals surface area contributed by atoms with Gasteiger partial charge in [-0.1, -0.05) is 11.6 Å². The van der Waals surface area contributed by atoms with Gasteiger partial charge in [0.05, 0.1) is 5.69 Å². The highest BCUT2D eigenvalue weighted by Crippen LogP contribution is 2.23. The van der Waals surface area contributed by atoms with Gasteiger partial charge in [0, 0.05) is 23.5 Å². The molecule has 1 aromatic heterocycles. The number of nitrogens with one attached hydrogen (secondary N) is 3. The Hall–Kier alpha value is -2.02. The number of halogens is 2. The number of amides is 1. The summed E-state index contributed by atoms with van der Waals surface area (Å²) in [5.41, 5.74) is 7.14. The van der Waals surface area contributed by atoms with Gasteiger partial charge >= 0.3 is 0 Å². The normalized spacial score (nSPS) is 20.8. The lowest BCUT2D eigenvalue weighted by Crippen LogP contribution is -2.39. The summed E-state index contributed by atoms with van der Waals surface area (Å²) in [5, 5.41) is 2.85. The number of nitrogens with zero attached hydrogens (tertiary/aromatic N) is 1. The highest BCUT2D eigenvalue weighted by atomic mass is 35.5. The molecule has 114 valence electrons. The molecule has 2 heterocycles. The molecule has 22 heavy (non-hydrogen) atoms. The Bertz CT molecular complexity index is 682. The van der Waals surface area contributed by atoms with Crippen molar-refractivity contribution in [1.29, 1.82) is 0 Å². The van der Waals surface area contributed by atoms with Gasteiger partial charge in [-0.2, -0.15) is 0 Å². The zero-order valence-corrected chi connectivity index (χ0v) is 12.3. The van der Waals surface area contributed by atoms with E-state index in [1.807, 2.05) is 12.1 Å². The average molecular weight is 321 g/mol. The Morgan fingerprint density at radius 2 is 2.05 bits per heavy atom. The molecule has 5 nitrogen and oxygen atoms in total. The van der Waals surface area contributed by atoms with Crippen LogP contribution in [0.1, 0.15) is 18.0 Å². The van der Waals surface area contributed by atoms with Crippen LogP contribution < -0.4 is 16.2 Å². The molecule has 0 saturated carbocycles. The van der Waals surface area contributed by atoms with E-state index in [0.29, 0.717) is 6.42 Å². The highest BCUT2D eigenvalue weighted by Gasteiger charge is 2.30. The van der Waals surface area contributed by atoms with Gasteiger partial charge in [-0.25, -0.2) is 15.2 Å². The lowest BCUT2D eigenvalue weighted by molar-refractivity contribution is -0.117.